The molecule has 1 aromatic heterocycles. The largest absolute Gasteiger partial charge is 0.396 e. The van der Waals surface area contributed by atoms with Crippen LogP contribution in [-0.4, -0.2) is 34.0 Å². The van der Waals surface area contributed by atoms with Crippen molar-refractivity contribution in [2.45, 2.75) is 12.5 Å². The van der Waals surface area contributed by atoms with E-state index in [4.69, 9.17) is 0 Å². The summed E-state index contributed by atoms with van der Waals surface area (Å²) in [7, 11) is 0. The van der Waals surface area contributed by atoms with Crippen molar-refractivity contribution in [1.82, 2.24) is 9.88 Å². The second kappa shape index (κ2) is 7.74. The van der Waals surface area contributed by atoms with Crippen LogP contribution >= 0.6 is 15.9 Å². The summed E-state index contributed by atoms with van der Waals surface area (Å²) in [6, 6.07) is 24.1. The van der Waals surface area contributed by atoms with Gasteiger partial charge in [-0.1, -0.05) is 64.5 Å². The van der Waals surface area contributed by atoms with Crippen LogP contribution in [0.2, 0.25) is 0 Å². The number of H-pyrrole nitrogens is 1. The third kappa shape index (κ3) is 3.06. The molecule has 0 saturated carbocycles. The minimum atomic E-state index is -0.199. The Bertz CT molecular complexity index is 1230. The molecule has 1 amide bonds. The first-order valence-electron chi connectivity index (χ1n) is 10.1. The molecular formula is C25H21BrN2O2. The molecule has 150 valence electrons. The molecule has 1 aliphatic heterocycles. The number of aliphatic hydroxyl groups is 1. The number of carbonyl (C=O) groups excluding carboxylic acids is 1. The molecule has 2 N–H and O–H groups in total. The van der Waals surface area contributed by atoms with Gasteiger partial charge < -0.3 is 15.0 Å². The van der Waals surface area contributed by atoms with Crippen molar-refractivity contribution in [3.05, 3.63) is 94.0 Å². The molecule has 4 aromatic rings. The van der Waals surface area contributed by atoms with Gasteiger partial charge in [0.1, 0.15) is 0 Å². The van der Waals surface area contributed by atoms with Crippen molar-refractivity contribution < 1.29 is 9.90 Å². The normalized spacial score (nSPS) is 15.7. The van der Waals surface area contributed by atoms with E-state index in [1.165, 1.54) is 0 Å². The van der Waals surface area contributed by atoms with Crippen LogP contribution in [0.3, 0.4) is 0 Å². The van der Waals surface area contributed by atoms with Gasteiger partial charge >= 0.3 is 0 Å². The highest BCUT2D eigenvalue weighted by Crippen LogP contribution is 2.45. The third-order valence-corrected chi connectivity index (χ3v) is 6.30. The van der Waals surface area contributed by atoms with E-state index in [0.29, 0.717) is 13.0 Å². The van der Waals surface area contributed by atoms with Crippen molar-refractivity contribution in [2.75, 3.05) is 13.2 Å². The van der Waals surface area contributed by atoms with Crippen LogP contribution in [0.5, 0.6) is 0 Å². The summed E-state index contributed by atoms with van der Waals surface area (Å²) < 4.78 is 1.02. The number of benzene rings is 3. The molecule has 1 aliphatic rings. The van der Waals surface area contributed by atoms with Crippen LogP contribution in [0.25, 0.3) is 22.2 Å². The Hall–Kier alpha value is -2.89. The zero-order chi connectivity index (χ0) is 20.7. The first-order valence-corrected chi connectivity index (χ1v) is 10.9. The Labute approximate surface area is 183 Å². The number of nitrogens with zero attached hydrogens (tertiary/aromatic N) is 1. The van der Waals surface area contributed by atoms with Crippen molar-refractivity contribution in [3.8, 4) is 11.3 Å². The predicted molar refractivity (Wildman–Crippen MR) is 122 cm³/mol. The number of para-hydroxylation sites is 1. The fourth-order valence-corrected chi connectivity index (χ4v) is 4.71. The van der Waals surface area contributed by atoms with E-state index < -0.39 is 0 Å². The molecule has 0 saturated heterocycles. The first kappa shape index (κ1) is 19.1. The zero-order valence-electron chi connectivity index (χ0n) is 16.3. The Kier molecular flexibility index (Phi) is 4.93. The van der Waals surface area contributed by atoms with Gasteiger partial charge in [-0.15, -0.1) is 0 Å². The van der Waals surface area contributed by atoms with E-state index in [0.717, 1.165) is 43.3 Å². The SMILES string of the molecule is O=C1c2ccccc2[C@@H](c2c(-c3ccc(Br)cc3)[nH]c3ccccc23)N1CCCO. The molecule has 0 unspecified atom stereocenters. The minimum absolute atomic E-state index is 0.0242. The summed E-state index contributed by atoms with van der Waals surface area (Å²) in [5.41, 5.74) is 6.00. The fraction of sp³-hybridized carbons (Fsp3) is 0.160. The summed E-state index contributed by atoms with van der Waals surface area (Å²) in [4.78, 5) is 18.8. The Morgan fingerprint density at radius 1 is 0.967 bits per heavy atom. The number of carbonyl (C=O) groups is 1. The van der Waals surface area contributed by atoms with E-state index in [2.05, 4.69) is 45.2 Å². The average molecular weight is 461 g/mol. The summed E-state index contributed by atoms with van der Waals surface area (Å²) in [6.07, 6.45) is 0.548. The second-order valence-corrected chi connectivity index (χ2v) is 8.45. The lowest BCUT2D eigenvalue weighted by atomic mass is 9.93. The van der Waals surface area contributed by atoms with Crippen molar-refractivity contribution in [1.29, 1.82) is 0 Å². The van der Waals surface area contributed by atoms with Gasteiger partial charge in [0, 0.05) is 39.7 Å². The highest BCUT2D eigenvalue weighted by atomic mass is 79.9. The molecule has 2 heterocycles. The number of fused-ring (bicyclic) bond motifs is 2. The smallest absolute Gasteiger partial charge is 0.255 e. The maximum Gasteiger partial charge on any atom is 0.255 e. The van der Waals surface area contributed by atoms with Gasteiger partial charge in [-0.25, -0.2) is 0 Å². The number of hydrogen-bond donors (Lipinski definition) is 2. The predicted octanol–water partition coefficient (Wildman–Crippen LogP) is 5.53. The van der Waals surface area contributed by atoms with Gasteiger partial charge in [0.05, 0.1) is 11.7 Å². The molecule has 1 atom stereocenters. The third-order valence-electron chi connectivity index (χ3n) is 5.77. The summed E-state index contributed by atoms with van der Waals surface area (Å²) in [6.45, 7) is 0.564. The number of halogens is 1. The van der Waals surface area contributed by atoms with E-state index >= 15 is 0 Å². The zero-order valence-corrected chi connectivity index (χ0v) is 17.9. The molecule has 3 aromatic carbocycles. The van der Waals surface area contributed by atoms with Gasteiger partial charge in [0.25, 0.3) is 5.91 Å². The van der Waals surface area contributed by atoms with E-state index in [1.54, 1.807) is 0 Å². The number of aromatic nitrogens is 1. The number of amides is 1. The highest BCUT2D eigenvalue weighted by molar-refractivity contribution is 9.10. The standard InChI is InChI=1S/C25H21BrN2O2/c26-17-12-10-16(11-13-17)23-22(20-8-3-4-9-21(20)27-23)24-18-6-1-2-7-19(18)25(30)28(24)14-5-15-29/h1-4,6-13,24,27,29H,5,14-15H2/t24-/m0/s1. The van der Waals surface area contributed by atoms with Crippen molar-refractivity contribution in [3.63, 3.8) is 0 Å². The molecule has 0 fully saturated rings. The molecular weight excluding hydrogens is 440 g/mol. The molecule has 0 radical (unpaired) electrons. The molecule has 4 nitrogen and oxygen atoms in total. The van der Waals surface area contributed by atoms with Crippen LogP contribution in [0, 0.1) is 0 Å². The Morgan fingerprint density at radius 2 is 1.70 bits per heavy atom. The van der Waals surface area contributed by atoms with Gasteiger partial charge in [-0.2, -0.15) is 0 Å². The maximum absolute atomic E-state index is 13.3. The number of aliphatic hydroxyl groups excluding tert-OH is 1. The molecule has 0 spiro atoms. The quantitative estimate of drug-likeness (QED) is 0.411. The fourth-order valence-electron chi connectivity index (χ4n) is 4.45. The summed E-state index contributed by atoms with van der Waals surface area (Å²) >= 11 is 3.52. The van der Waals surface area contributed by atoms with Gasteiger partial charge in [-0.3, -0.25) is 4.79 Å². The first-order chi connectivity index (χ1) is 14.7. The lowest BCUT2D eigenvalue weighted by molar-refractivity contribution is 0.0739. The molecule has 30 heavy (non-hydrogen) atoms. The van der Waals surface area contributed by atoms with Crippen molar-refractivity contribution in [2.24, 2.45) is 0 Å². The lowest BCUT2D eigenvalue weighted by Crippen LogP contribution is -2.30. The van der Waals surface area contributed by atoms with Gasteiger partial charge in [-0.05, 0) is 41.8 Å². The summed E-state index contributed by atoms with van der Waals surface area (Å²) in [5, 5.41) is 10.5. The topological polar surface area (TPSA) is 56.3 Å². The van der Waals surface area contributed by atoms with Crippen molar-refractivity contribution >= 4 is 32.7 Å². The van der Waals surface area contributed by atoms with Crippen LogP contribution in [0.1, 0.15) is 33.9 Å². The molecule has 5 rings (SSSR count). The maximum atomic E-state index is 13.3. The molecule has 0 aliphatic carbocycles. The highest BCUT2D eigenvalue weighted by Gasteiger charge is 2.39. The van der Waals surface area contributed by atoms with Gasteiger partial charge in [0.2, 0.25) is 0 Å². The van der Waals surface area contributed by atoms with Gasteiger partial charge in [0.15, 0.2) is 0 Å². The second-order valence-electron chi connectivity index (χ2n) is 7.53. The van der Waals surface area contributed by atoms with E-state index in [-0.39, 0.29) is 18.6 Å². The van der Waals surface area contributed by atoms with E-state index in [1.807, 2.05) is 53.4 Å². The Morgan fingerprint density at radius 3 is 2.50 bits per heavy atom. The summed E-state index contributed by atoms with van der Waals surface area (Å²) in [5.74, 6) is 0.0242. The number of nitrogens with one attached hydrogen (secondary N) is 1. The van der Waals surface area contributed by atoms with Crippen LogP contribution in [-0.2, 0) is 0 Å². The lowest BCUT2D eigenvalue weighted by Gasteiger charge is -2.26. The van der Waals surface area contributed by atoms with E-state index in [9.17, 15) is 9.90 Å². The number of aromatic amines is 1. The number of rotatable bonds is 5. The molecule has 0 bridgehead atoms. The van der Waals surface area contributed by atoms with Crippen LogP contribution < -0.4 is 0 Å². The minimum Gasteiger partial charge on any atom is -0.396 e. The Balaban J connectivity index is 1.77. The molecule has 5 heteroatoms. The van der Waals surface area contributed by atoms with Crippen LogP contribution in [0.15, 0.2) is 77.3 Å². The average Bonchev–Trinajstić information content (AvgIpc) is 3.28. The number of hydrogen-bond acceptors (Lipinski definition) is 2. The van der Waals surface area contributed by atoms with Crippen LogP contribution in [0.4, 0.5) is 0 Å². The monoisotopic (exact) mass is 460 g/mol.